The number of hydrogen-bond acceptors (Lipinski definition) is 2. The second-order valence-electron chi connectivity index (χ2n) is 8.06. The van der Waals surface area contributed by atoms with Crippen molar-refractivity contribution in [3.05, 3.63) is 35.4 Å². The van der Waals surface area contributed by atoms with Crippen LogP contribution in [0.2, 0.25) is 0 Å². The molecule has 1 aromatic carbocycles. The molecule has 0 aliphatic carbocycles. The maximum absolute atomic E-state index is 12.6. The predicted molar refractivity (Wildman–Crippen MR) is 101 cm³/mol. The molecule has 1 aromatic rings. The molecule has 24 heavy (non-hydrogen) atoms. The molecule has 1 aliphatic heterocycles. The SMILES string of the molecule is Cc1cccc(CN2CCC(C(=O)NC(C(C)C)C(C)C)CC2)c1. The molecule has 1 N–H and O–H groups in total. The van der Waals surface area contributed by atoms with Crippen molar-refractivity contribution in [2.24, 2.45) is 17.8 Å². The molecule has 0 saturated carbocycles. The zero-order valence-electron chi connectivity index (χ0n) is 16.0. The number of carbonyl (C=O) groups excluding carboxylic acids is 1. The van der Waals surface area contributed by atoms with Gasteiger partial charge in [0.15, 0.2) is 0 Å². The van der Waals surface area contributed by atoms with E-state index in [1.54, 1.807) is 0 Å². The first-order valence-electron chi connectivity index (χ1n) is 9.45. The summed E-state index contributed by atoms with van der Waals surface area (Å²) < 4.78 is 0. The van der Waals surface area contributed by atoms with Crippen molar-refractivity contribution in [1.82, 2.24) is 10.2 Å². The summed E-state index contributed by atoms with van der Waals surface area (Å²) >= 11 is 0. The van der Waals surface area contributed by atoms with Crippen LogP contribution in [0.3, 0.4) is 0 Å². The third kappa shape index (κ3) is 5.34. The van der Waals surface area contributed by atoms with Gasteiger partial charge < -0.3 is 5.32 Å². The molecule has 0 aromatic heterocycles. The van der Waals surface area contributed by atoms with Gasteiger partial charge in [-0.3, -0.25) is 9.69 Å². The molecule has 1 fully saturated rings. The van der Waals surface area contributed by atoms with Gasteiger partial charge in [-0.05, 0) is 50.3 Å². The fraction of sp³-hybridized carbons (Fsp3) is 0.667. The van der Waals surface area contributed by atoms with Crippen molar-refractivity contribution in [2.75, 3.05) is 13.1 Å². The van der Waals surface area contributed by atoms with E-state index in [0.29, 0.717) is 11.8 Å². The van der Waals surface area contributed by atoms with Crippen LogP contribution in [0.15, 0.2) is 24.3 Å². The van der Waals surface area contributed by atoms with E-state index in [9.17, 15) is 4.79 Å². The molecule has 0 radical (unpaired) electrons. The summed E-state index contributed by atoms with van der Waals surface area (Å²) in [5.41, 5.74) is 2.69. The van der Waals surface area contributed by atoms with Crippen LogP contribution in [-0.2, 0) is 11.3 Å². The van der Waals surface area contributed by atoms with Crippen LogP contribution in [0.1, 0.15) is 51.7 Å². The molecule has 1 amide bonds. The lowest BCUT2D eigenvalue weighted by Crippen LogP contribution is -2.47. The number of nitrogens with zero attached hydrogens (tertiary/aromatic N) is 1. The number of hydrogen-bond donors (Lipinski definition) is 1. The number of carbonyl (C=O) groups is 1. The standard InChI is InChI=1S/C21H34N2O/c1-15(2)20(16(3)4)22-21(24)19-9-11-23(12-10-19)14-18-8-6-7-17(5)13-18/h6-8,13,15-16,19-20H,9-12,14H2,1-5H3,(H,22,24). The number of aryl methyl sites for hydroxylation is 1. The smallest absolute Gasteiger partial charge is 0.223 e. The summed E-state index contributed by atoms with van der Waals surface area (Å²) in [6.07, 6.45) is 1.95. The Kier molecular flexibility index (Phi) is 6.85. The molecular weight excluding hydrogens is 296 g/mol. The van der Waals surface area contributed by atoms with Gasteiger partial charge in [0.1, 0.15) is 0 Å². The fourth-order valence-corrected chi connectivity index (χ4v) is 3.81. The predicted octanol–water partition coefficient (Wildman–Crippen LogP) is 4.00. The molecule has 134 valence electrons. The Morgan fingerprint density at radius 3 is 2.33 bits per heavy atom. The maximum Gasteiger partial charge on any atom is 0.223 e. The minimum atomic E-state index is 0.179. The zero-order chi connectivity index (χ0) is 17.7. The first-order valence-corrected chi connectivity index (χ1v) is 9.45. The van der Waals surface area contributed by atoms with Crippen LogP contribution in [-0.4, -0.2) is 29.9 Å². The van der Waals surface area contributed by atoms with Crippen LogP contribution in [0.4, 0.5) is 0 Å². The topological polar surface area (TPSA) is 32.3 Å². The van der Waals surface area contributed by atoms with Gasteiger partial charge in [-0.25, -0.2) is 0 Å². The van der Waals surface area contributed by atoms with E-state index in [4.69, 9.17) is 0 Å². The summed E-state index contributed by atoms with van der Waals surface area (Å²) in [7, 11) is 0. The monoisotopic (exact) mass is 330 g/mol. The van der Waals surface area contributed by atoms with E-state index >= 15 is 0 Å². The van der Waals surface area contributed by atoms with Gasteiger partial charge in [-0.15, -0.1) is 0 Å². The zero-order valence-corrected chi connectivity index (χ0v) is 16.0. The van der Waals surface area contributed by atoms with Crippen molar-refractivity contribution in [2.45, 2.75) is 60.0 Å². The van der Waals surface area contributed by atoms with Gasteiger partial charge in [0.2, 0.25) is 5.91 Å². The molecule has 1 heterocycles. The number of nitrogens with one attached hydrogen (secondary N) is 1. The van der Waals surface area contributed by atoms with E-state index in [1.165, 1.54) is 11.1 Å². The van der Waals surface area contributed by atoms with E-state index in [2.05, 4.69) is 69.1 Å². The van der Waals surface area contributed by atoms with Gasteiger partial charge in [0.25, 0.3) is 0 Å². The Bertz CT molecular complexity index is 522. The molecule has 3 heteroatoms. The summed E-state index contributed by atoms with van der Waals surface area (Å²) in [6, 6.07) is 9.00. The average molecular weight is 331 g/mol. The molecule has 1 saturated heterocycles. The minimum Gasteiger partial charge on any atom is -0.353 e. The Balaban J connectivity index is 1.82. The van der Waals surface area contributed by atoms with Crippen molar-refractivity contribution >= 4 is 5.91 Å². The highest BCUT2D eigenvalue weighted by Crippen LogP contribution is 2.21. The molecule has 3 nitrogen and oxygen atoms in total. The van der Waals surface area contributed by atoms with Crippen LogP contribution >= 0.6 is 0 Å². The highest BCUT2D eigenvalue weighted by molar-refractivity contribution is 5.79. The Hall–Kier alpha value is -1.35. The van der Waals surface area contributed by atoms with Crippen LogP contribution < -0.4 is 5.32 Å². The summed E-state index contributed by atoms with van der Waals surface area (Å²) in [5, 5.41) is 3.30. The molecular formula is C21H34N2O. The quantitative estimate of drug-likeness (QED) is 0.855. The van der Waals surface area contributed by atoms with Gasteiger partial charge >= 0.3 is 0 Å². The van der Waals surface area contributed by atoms with Crippen molar-refractivity contribution in [3.63, 3.8) is 0 Å². The lowest BCUT2D eigenvalue weighted by molar-refractivity contribution is -0.127. The van der Waals surface area contributed by atoms with Crippen molar-refractivity contribution < 1.29 is 4.79 Å². The Morgan fingerprint density at radius 1 is 1.17 bits per heavy atom. The fourth-order valence-electron chi connectivity index (χ4n) is 3.81. The average Bonchev–Trinajstić information content (AvgIpc) is 2.52. The number of amides is 1. The van der Waals surface area contributed by atoms with Crippen LogP contribution in [0.5, 0.6) is 0 Å². The lowest BCUT2D eigenvalue weighted by atomic mass is 9.90. The number of rotatable bonds is 6. The van der Waals surface area contributed by atoms with E-state index < -0.39 is 0 Å². The van der Waals surface area contributed by atoms with E-state index in [0.717, 1.165) is 32.5 Å². The molecule has 0 unspecified atom stereocenters. The first kappa shape index (κ1) is 19.0. The molecule has 0 spiro atoms. The van der Waals surface area contributed by atoms with Gasteiger partial charge in [0.05, 0.1) is 0 Å². The second kappa shape index (κ2) is 8.66. The minimum absolute atomic E-state index is 0.179. The Morgan fingerprint density at radius 2 is 1.79 bits per heavy atom. The maximum atomic E-state index is 12.6. The largest absolute Gasteiger partial charge is 0.353 e. The molecule has 1 aliphatic rings. The molecule has 2 rings (SSSR count). The Labute approximate surface area is 147 Å². The highest BCUT2D eigenvalue weighted by atomic mass is 16.2. The summed E-state index contributed by atoms with van der Waals surface area (Å²) in [4.78, 5) is 15.1. The highest BCUT2D eigenvalue weighted by Gasteiger charge is 2.28. The number of likely N-dealkylation sites (tertiary alicyclic amines) is 1. The molecule has 0 bridgehead atoms. The molecule has 0 atom stereocenters. The van der Waals surface area contributed by atoms with Crippen molar-refractivity contribution in [1.29, 1.82) is 0 Å². The number of piperidine rings is 1. The van der Waals surface area contributed by atoms with Gasteiger partial charge in [-0.1, -0.05) is 57.5 Å². The van der Waals surface area contributed by atoms with E-state index in [-0.39, 0.29) is 17.9 Å². The van der Waals surface area contributed by atoms with E-state index in [1.807, 2.05) is 0 Å². The third-order valence-corrected chi connectivity index (χ3v) is 5.19. The summed E-state index contributed by atoms with van der Waals surface area (Å²) in [6.45, 7) is 13.9. The summed E-state index contributed by atoms with van der Waals surface area (Å²) in [5.74, 6) is 1.40. The lowest BCUT2D eigenvalue weighted by Gasteiger charge is -2.33. The second-order valence-corrected chi connectivity index (χ2v) is 8.06. The first-order chi connectivity index (χ1) is 11.4. The normalized spacial score (nSPS) is 17.0. The van der Waals surface area contributed by atoms with Crippen LogP contribution in [0.25, 0.3) is 0 Å². The van der Waals surface area contributed by atoms with Gasteiger partial charge in [-0.2, -0.15) is 0 Å². The van der Waals surface area contributed by atoms with Crippen molar-refractivity contribution in [3.8, 4) is 0 Å². The third-order valence-electron chi connectivity index (χ3n) is 5.19. The van der Waals surface area contributed by atoms with Gasteiger partial charge in [0, 0.05) is 18.5 Å². The van der Waals surface area contributed by atoms with Crippen LogP contribution in [0, 0.1) is 24.7 Å². The number of benzene rings is 1.